The van der Waals surface area contributed by atoms with E-state index in [2.05, 4.69) is 5.32 Å². The first-order chi connectivity index (χ1) is 14.5. The number of benzene rings is 2. The summed E-state index contributed by atoms with van der Waals surface area (Å²) in [5.74, 6) is -0.944. The molecule has 4 nitrogen and oxygen atoms in total. The Morgan fingerprint density at radius 2 is 1.60 bits per heavy atom. The van der Waals surface area contributed by atoms with Gasteiger partial charge in [0.05, 0.1) is 12.5 Å². The molecule has 0 aromatic heterocycles. The maximum Gasteiger partial charge on any atom is 0.251 e. The molecule has 0 radical (unpaired) electrons. The van der Waals surface area contributed by atoms with Crippen LogP contribution in [0.1, 0.15) is 43.2 Å². The number of fused-ring (bicyclic) bond motifs is 1. The number of hydrogen-bond donors (Lipinski definition) is 1. The highest BCUT2D eigenvalue weighted by atomic mass is 19.1. The van der Waals surface area contributed by atoms with Crippen LogP contribution in [-0.2, 0) is 22.7 Å². The highest BCUT2D eigenvalue weighted by molar-refractivity contribution is 6.02. The Hall–Kier alpha value is -3.02. The molecule has 6 heteroatoms. The van der Waals surface area contributed by atoms with Gasteiger partial charge in [0.1, 0.15) is 11.6 Å². The summed E-state index contributed by atoms with van der Waals surface area (Å²) in [6.07, 6.45) is 3.83. The Morgan fingerprint density at radius 3 is 2.27 bits per heavy atom. The fourth-order valence-electron chi connectivity index (χ4n) is 4.33. The molecule has 1 atom stereocenters. The van der Waals surface area contributed by atoms with Crippen molar-refractivity contribution in [1.82, 2.24) is 10.2 Å². The van der Waals surface area contributed by atoms with E-state index < -0.39 is 0 Å². The van der Waals surface area contributed by atoms with E-state index >= 15 is 0 Å². The van der Waals surface area contributed by atoms with Crippen LogP contribution in [0.2, 0.25) is 0 Å². The van der Waals surface area contributed by atoms with Crippen LogP contribution in [0.4, 0.5) is 8.78 Å². The maximum atomic E-state index is 13.2. The van der Waals surface area contributed by atoms with Crippen LogP contribution < -0.4 is 5.32 Å². The van der Waals surface area contributed by atoms with E-state index in [9.17, 15) is 18.4 Å². The molecule has 1 aliphatic heterocycles. The molecule has 30 heavy (non-hydrogen) atoms. The molecule has 2 aromatic rings. The lowest BCUT2D eigenvalue weighted by Gasteiger charge is -2.30. The van der Waals surface area contributed by atoms with Gasteiger partial charge >= 0.3 is 0 Å². The van der Waals surface area contributed by atoms with Crippen molar-refractivity contribution < 1.29 is 18.4 Å². The summed E-state index contributed by atoms with van der Waals surface area (Å²) < 4.78 is 26.2. The molecule has 0 saturated heterocycles. The SMILES string of the molecule is O=C(CC1=C2CCCCC2N(Cc2ccc(F)cc2)C1=O)NCc1ccc(F)cc1. The smallest absolute Gasteiger partial charge is 0.251 e. The molecule has 1 fully saturated rings. The third-order valence-electron chi connectivity index (χ3n) is 5.87. The van der Waals surface area contributed by atoms with Gasteiger partial charge in [-0.05, 0) is 60.2 Å². The monoisotopic (exact) mass is 410 g/mol. The minimum absolute atomic E-state index is 0.0243. The van der Waals surface area contributed by atoms with Crippen LogP contribution in [0, 0.1) is 11.6 Å². The lowest BCUT2D eigenvalue weighted by molar-refractivity contribution is -0.129. The van der Waals surface area contributed by atoms with Gasteiger partial charge in [-0.3, -0.25) is 9.59 Å². The quantitative estimate of drug-likeness (QED) is 0.774. The molecule has 1 aliphatic carbocycles. The Bertz CT molecular complexity index is 968. The van der Waals surface area contributed by atoms with Gasteiger partial charge in [-0.25, -0.2) is 8.78 Å². The van der Waals surface area contributed by atoms with Crippen LogP contribution in [0.5, 0.6) is 0 Å². The van der Waals surface area contributed by atoms with Crippen LogP contribution >= 0.6 is 0 Å². The van der Waals surface area contributed by atoms with Crippen molar-refractivity contribution in [2.45, 2.75) is 51.2 Å². The molecule has 1 N–H and O–H groups in total. The number of amides is 2. The van der Waals surface area contributed by atoms with Crippen molar-refractivity contribution in [2.24, 2.45) is 0 Å². The maximum absolute atomic E-state index is 13.2. The number of nitrogens with zero attached hydrogens (tertiary/aromatic N) is 1. The van der Waals surface area contributed by atoms with Crippen molar-refractivity contribution in [1.29, 1.82) is 0 Å². The van der Waals surface area contributed by atoms with E-state index in [1.54, 1.807) is 24.3 Å². The van der Waals surface area contributed by atoms with Gasteiger partial charge in [-0.1, -0.05) is 30.7 Å². The molecular weight excluding hydrogens is 386 g/mol. The van der Waals surface area contributed by atoms with E-state index in [4.69, 9.17) is 0 Å². The molecule has 1 saturated carbocycles. The number of carbonyl (C=O) groups is 2. The molecule has 1 heterocycles. The van der Waals surface area contributed by atoms with Gasteiger partial charge in [0.25, 0.3) is 5.91 Å². The standard InChI is InChI=1S/C24H24F2N2O2/c25-18-9-5-16(6-10-18)14-27-23(29)13-21-20-3-1-2-4-22(20)28(24(21)30)15-17-7-11-19(26)12-8-17/h5-12,22H,1-4,13-15H2,(H,27,29). The number of hydrogen-bond acceptors (Lipinski definition) is 2. The second-order valence-electron chi connectivity index (χ2n) is 7.90. The average Bonchev–Trinajstić information content (AvgIpc) is 3.01. The van der Waals surface area contributed by atoms with E-state index in [-0.39, 0.29) is 35.9 Å². The third-order valence-corrected chi connectivity index (χ3v) is 5.87. The van der Waals surface area contributed by atoms with E-state index in [0.717, 1.165) is 42.4 Å². The largest absolute Gasteiger partial charge is 0.352 e. The third kappa shape index (κ3) is 4.42. The zero-order valence-electron chi connectivity index (χ0n) is 16.7. The second-order valence-corrected chi connectivity index (χ2v) is 7.90. The molecule has 2 aliphatic rings. The summed E-state index contributed by atoms with van der Waals surface area (Å²) in [6, 6.07) is 12.2. The zero-order chi connectivity index (χ0) is 21.1. The van der Waals surface area contributed by atoms with Gasteiger partial charge in [-0.15, -0.1) is 0 Å². The summed E-state index contributed by atoms with van der Waals surface area (Å²) >= 11 is 0. The molecule has 0 bridgehead atoms. The molecule has 1 unspecified atom stereocenters. The van der Waals surface area contributed by atoms with E-state index in [0.29, 0.717) is 18.7 Å². The Morgan fingerprint density at radius 1 is 0.967 bits per heavy atom. The Kier molecular flexibility index (Phi) is 5.93. The van der Waals surface area contributed by atoms with Crippen molar-refractivity contribution in [3.63, 3.8) is 0 Å². The summed E-state index contributed by atoms with van der Waals surface area (Å²) in [5.41, 5.74) is 3.34. The highest BCUT2D eigenvalue weighted by Crippen LogP contribution is 2.38. The van der Waals surface area contributed by atoms with Gasteiger partial charge in [0.2, 0.25) is 5.91 Å². The van der Waals surface area contributed by atoms with Crippen molar-refractivity contribution in [3.05, 3.63) is 82.4 Å². The first-order valence-electron chi connectivity index (χ1n) is 10.3. The first kappa shape index (κ1) is 20.3. The summed E-state index contributed by atoms with van der Waals surface area (Å²) in [6.45, 7) is 0.701. The highest BCUT2D eigenvalue weighted by Gasteiger charge is 2.40. The summed E-state index contributed by atoms with van der Waals surface area (Å²) in [4.78, 5) is 27.5. The molecule has 156 valence electrons. The first-order valence-corrected chi connectivity index (χ1v) is 10.3. The Balaban J connectivity index is 1.44. The molecular formula is C24H24F2N2O2. The van der Waals surface area contributed by atoms with Crippen LogP contribution in [0.3, 0.4) is 0 Å². The molecule has 4 rings (SSSR count). The average molecular weight is 410 g/mol. The number of rotatable bonds is 6. The Labute approximate surface area is 174 Å². The van der Waals surface area contributed by atoms with E-state index in [1.165, 1.54) is 24.3 Å². The van der Waals surface area contributed by atoms with Crippen LogP contribution in [-0.4, -0.2) is 22.8 Å². The number of halogens is 2. The van der Waals surface area contributed by atoms with Crippen molar-refractivity contribution >= 4 is 11.8 Å². The fraction of sp³-hybridized carbons (Fsp3) is 0.333. The predicted octanol–water partition coefficient (Wildman–Crippen LogP) is 4.25. The lowest BCUT2D eigenvalue weighted by Crippen LogP contribution is -2.36. The van der Waals surface area contributed by atoms with Crippen molar-refractivity contribution in [3.8, 4) is 0 Å². The number of carbonyl (C=O) groups excluding carboxylic acids is 2. The topological polar surface area (TPSA) is 49.4 Å². The minimum Gasteiger partial charge on any atom is -0.352 e. The van der Waals surface area contributed by atoms with E-state index in [1.807, 2.05) is 4.90 Å². The fourth-order valence-corrected chi connectivity index (χ4v) is 4.33. The van der Waals surface area contributed by atoms with Gasteiger partial charge < -0.3 is 10.2 Å². The predicted molar refractivity (Wildman–Crippen MR) is 109 cm³/mol. The van der Waals surface area contributed by atoms with Gasteiger partial charge in [0, 0.05) is 18.7 Å². The second kappa shape index (κ2) is 8.78. The van der Waals surface area contributed by atoms with Crippen molar-refractivity contribution in [2.75, 3.05) is 0 Å². The van der Waals surface area contributed by atoms with Crippen LogP contribution in [0.15, 0.2) is 59.7 Å². The number of nitrogens with one attached hydrogen (secondary N) is 1. The summed E-state index contributed by atoms with van der Waals surface area (Å²) in [7, 11) is 0. The molecule has 2 aromatic carbocycles. The minimum atomic E-state index is -0.321. The normalized spacial score (nSPS) is 18.5. The lowest BCUT2D eigenvalue weighted by atomic mass is 9.88. The summed E-state index contributed by atoms with van der Waals surface area (Å²) in [5, 5.41) is 2.82. The van der Waals surface area contributed by atoms with Crippen LogP contribution in [0.25, 0.3) is 0 Å². The molecule has 0 spiro atoms. The zero-order valence-corrected chi connectivity index (χ0v) is 16.7. The van der Waals surface area contributed by atoms with Gasteiger partial charge in [-0.2, -0.15) is 0 Å². The van der Waals surface area contributed by atoms with Gasteiger partial charge in [0.15, 0.2) is 0 Å². The molecule has 2 amide bonds.